The molecule has 0 radical (unpaired) electrons. The maximum Gasteiger partial charge on any atom is 0.190 e. The highest BCUT2D eigenvalue weighted by atomic mass is 32.1. The fourth-order valence-corrected chi connectivity index (χ4v) is 1.48. The molecule has 0 spiro atoms. The van der Waals surface area contributed by atoms with E-state index in [4.69, 9.17) is 0 Å². The zero-order valence-corrected chi connectivity index (χ0v) is 9.77. The summed E-state index contributed by atoms with van der Waals surface area (Å²) in [6.45, 7) is 6.52. The Kier molecular flexibility index (Phi) is 3.38. The molecule has 0 aromatic heterocycles. The van der Waals surface area contributed by atoms with Crippen LogP contribution in [0.3, 0.4) is 0 Å². The topological polar surface area (TPSA) is 17.1 Å². The van der Waals surface area contributed by atoms with Crippen molar-refractivity contribution in [2.75, 3.05) is 0 Å². The van der Waals surface area contributed by atoms with Gasteiger partial charge in [-0.05, 0) is 16.5 Å². The molecule has 0 N–H and O–H groups in total. The van der Waals surface area contributed by atoms with Gasteiger partial charge < -0.3 is 0 Å². The second kappa shape index (κ2) is 4.18. The molecule has 0 aliphatic carbocycles. The minimum Gasteiger partial charge on any atom is -0.287 e. The Bertz CT molecular complexity index is 319. The molecule has 0 saturated carbocycles. The summed E-state index contributed by atoms with van der Waals surface area (Å²) in [7, 11) is 0. The zero-order chi connectivity index (χ0) is 10.8. The van der Waals surface area contributed by atoms with Crippen LogP contribution in [-0.2, 0) is 16.6 Å². The summed E-state index contributed by atoms with van der Waals surface area (Å²) in [5.41, 5.74) is 2.48. The molecule has 2 heteroatoms. The third-order valence-corrected chi connectivity index (χ3v) is 2.33. The number of hydrogen-bond acceptors (Lipinski definition) is 1. The molecule has 1 nitrogen and oxygen atoms in total. The Balaban J connectivity index is 2.84. The number of thiol groups is 1. The first-order valence-corrected chi connectivity index (χ1v) is 5.15. The lowest BCUT2D eigenvalue weighted by Crippen LogP contribution is -2.10. The molecular weight excluding hydrogens is 192 g/mol. The lowest BCUT2D eigenvalue weighted by molar-refractivity contribution is -0.110. The minimum absolute atomic E-state index is 0.0893. The summed E-state index contributed by atoms with van der Waals surface area (Å²) in [6.07, 6.45) is 0.410. The van der Waals surface area contributed by atoms with E-state index < -0.39 is 0 Å². The van der Waals surface area contributed by atoms with Gasteiger partial charge in [-0.15, -0.1) is 12.6 Å². The number of carbonyl (C=O) groups is 1. The number of carbonyl (C=O) groups excluding carboxylic acids is 1. The van der Waals surface area contributed by atoms with Gasteiger partial charge in [-0.2, -0.15) is 0 Å². The van der Waals surface area contributed by atoms with Gasteiger partial charge in [0.1, 0.15) is 0 Å². The SMILES string of the molecule is CC(C)(C)c1ccc(CC(=O)S)cc1. The van der Waals surface area contributed by atoms with Crippen LogP contribution in [0.15, 0.2) is 24.3 Å². The Morgan fingerprint density at radius 1 is 1.21 bits per heavy atom. The number of rotatable bonds is 2. The maximum absolute atomic E-state index is 10.8. The minimum atomic E-state index is -0.0893. The van der Waals surface area contributed by atoms with Crippen LogP contribution in [0.4, 0.5) is 0 Å². The van der Waals surface area contributed by atoms with Gasteiger partial charge in [-0.25, -0.2) is 0 Å². The van der Waals surface area contributed by atoms with Gasteiger partial charge in [0, 0.05) is 6.42 Å². The van der Waals surface area contributed by atoms with Crippen LogP contribution in [0.1, 0.15) is 31.9 Å². The van der Waals surface area contributed by atoms with Crippen LogP contribution < -0.4 is 0 Å². The number of benzene rings is 1. The molecule has 0 fully saturated rings. The smallest absolute Gasteiger partial charge is 0.190 e. The van der Waals surface area contributed by atoms with E-state index in [1.165, 1.54) is 5.56 Å². The van der Waals surface area contributed by atoms with Crippen molar-refractivity contribution in [1.29, 1.82) is 0 Å². The van der Waals surface area contributed by atoms with Crippen molar-refractivity contribution in [1.82, 2.24) is 0 Å². The average Bonchev–Trinajstić information content (AvgIpc) is 2.02. The Labute approximate surface area is 90.9 Å². The lowest BCUT2D eigenvalue weighted by atomic mass is 9.86. The van der Waals surface area contributed by atoms with E-state index in [9.17, 15) is 4.79 Å². The van der Waals surface area contributed by atoms with Crippen LogP contribution in [0.2, 0.25) is 0 Å². The fraction of sp³-hybridized carbons (Fsp3) is 0.417. The summed E-state index contributed by atoms with van der Waals surface area (Å²) in [5.74, 6) is 0. The van der Waals surface area contributed by atoms with E-state index in [2.05, 4.69) is 45.5 Å². The van der Waals surface area contributed by atoms with Gasteiger partial charge in [0.05, 0.1) is 0 Å². The van der Waals surface area contributed by atoms with Gasteiger partial charge in [0.25, 0.3) is 0 Å². The van der Waals surface area contributed by atoms with Crippen LogP contribution in [-0.4, -0.2) is 5.12 Å². The van der Waals surface area contributed by atoms with Gasteiger partial charge in [0.2, 0.25) is 0 Å². The Morgan fingerprint density at radius 2 is 1.71 bits per heavy atom. The van der Waals surface area contributed by atoms with Crippen molar-refractivity contribution in [3.63, 3.8) is 0 Å². The molecule has 0 aliphatic rings. The monoisotopic (exact) mass is 208 g/mol. The summed E-state index contributed by atoms with van der Waals surface area (Å²) in [4.78, 5) is 10.8. The van der Waals surface area contributed by atoms with E-state index >= 15 is 0 Å². The van der Waals surface area contributed by atoms with Crippen molar-refractivity contribution < 1.29 is 4.79 Å². The van der Waals surface area contributed by atoms with Gasteiger partial charge in [-0.3, -0.25) is 4.79 Å². The second-order valence-corrected chi connectivity index (χ2v) is 5.02. The molecule has 14 heavy (non-hydrogen) atoms. The molecular formula is C12H16OS. The Hall–Kier alpha value is -0.760. The van der Waals surface area contributed by atoms with E-state index in [0.29, 0.717) is 6.42 Å². The van der Waals surface area contributed by atoms with Crippen molar-refractivity contribution >= 4 is 17.7 Å². The quantitative estimate of drug-likeness (QED) is 0.739. The fourth-order valence-electron chi connectivity index (χ4n) is 1.30. The predicted molar refractivity (Wildman–Crippen MR) is 62.8 cm³/mol. The molecule has 0 heterocycles. The van der Waals surface area contributed by atoms with Gasteiger partial charge >= 0.3 is 0 Å². The van der Waals surface area contributed by atoms with Crippen LogP contribution >= 0.6 is 12.6 Å². The van der Waals surface area contributed by atoms with E-state index in [1.54, 1.807) is 0 Å². The van der Waals surface area contributed by atoms with Crippen molar-refractivity contribution in [2.24, 2.45) is 0 Å². The first-order valence-electron chi connectivity index (χ1n) is 4.71. The average molecular weight is 208 g/mol. The molecule has 0 amide bonds. The second-order valence-electron chi connectivity index (χ2n) is 4.52. The highest BCUT2D eigenvalue weighted by Crippen LogP contribution is 2.22. The van der Waals surface area contributed by atoms with Crippen LogP contribution in [0, 0.1) is 0 Å². The molecule has 1 aromatic carbocycles. The third kappa shape index (κ3) is 3.18. The number of hydrogen-bond donors (Lipinski definition) is 1. The highest BCUT2D eigenvalue weighted by molar-refractivity contribution is 7.96. The van der Waals surface area contributed by atoms with Crippen LogP contribution in [0.5, 0.6) is 0 Å². The van der Waals surface area contributed by atoms with E-state index in [0.717, 1.165) is 5.56 Å². The standard InChI is InChI=1S/C12H16OS/c1-12(2,3)10-6-4-9(5-7-10)8-11(13)14/h4-7H,8H2,1-3H3,(H,13,14). The molecule has 1 aromatic rings. The Morgan fingerprint density at radius 3 is 2.07 bits per heavy atom. The molecule has 1 rings (SSSR count). The summed E-state index contributed by atoms with van der Waals surface area (Å²) in [6, 6.07) is 8.14. The molecule has 76 valence electrons. The normalized spacial score (nSPS) is 11.4. The van der Waals surface area contributed by atoms with Crippen molar-refractivity contribution in [3.8, 4) is 0 Å². The molecule has 0 unspecified atom stereocenters. The van der Waals surface area contributed by atoms with Gasteiger partial charge in [0.15, 0.2) is 5.12 Å². The first-order chi connectivity index (χ1) is 6.39. The zero-order valence-electron chi connectivity index (χ0n) is 8.87. The summed E-state index contributed by atoms with van der Waals surface area (Å²) in [5, 5.41) is -0.0893. The van der Waals surface area contributed by atoms with Gasteiger partial charge in [-0.1, -0.05) is 45.0 Å². The molecule has 0 bridgehead atoms. The van der Waals surface area contributed by atoms with Crippen LogP contribution in [0.25, 0.3) is 0 Å². The largest absolute Gasteiger partial charge is 0.287 e. The third-order valence-electron chi connectivity index (χ3n) is 2.18. The lowest BCUT2D eigenvalue weighted by Gasteiger charge is -2.18. The highest BCUT2D eigenvalue weighted by Gasteiger charge is 2.12. The van der Waals surface area contributed by atoms with E-state index in [1.807, 2.05) is 12.1 Å². The van der Waals surface area contributed by atoms with Crippen molar-refractivity contribution in [2.45, 2.75) is 32.6 Å². The first kappa shape index (κ1) is 11.3. The summed E-state index contributed by atoms with van der Waals surface area (Å²) < 4.78 is 0. The van der Waals surface area contributed by atoms with E-state index in [-0.39, 0.29) is 10.5 Å². The molecule has 0 saturated heterocycles. The van der Waals surface area contributed by atoms with Crippen molar-refractivity contribution in [3.05, 3.63) is 35.4 Å². The maximum atomic E-state index is 10.8. The molecule has 0 atom stereocenters. The molecule has 0 aliphatic heterocycles. The summed E-state index contributed by atoms with van der Waals surface area (Å²) >= 11 is 3.75. The predicted octanol–water partition coefficient (Wildman–Crippen LogP) is 2.98.